The van der Waals surface area contributed by atoms with Crippen LogP contribution in [0.15, 0.2) is 23.4 Å². The summed E-state index contributed by atoms with van der Waals surface area (Å²) in [5.74, 6) is 2.37. The highest BCUT2D eigenvalue weighted by Gasteiger charge is 2.52. The predicted molar refractivity (Wildman–Crippen MR) is 89.6 cm³/mol. The van der Waals surface area contributed by atoms with Gasteiger partial charge in [0.15, 0.2) is 5.78 Å². The molecule has 4 aliphatic carbocycles. The number of ether oxygens (including phenoxy) is 1. The van der Waals surface area contributed by atoms with Gasteiger partial charge in [0.2, 0.25) is 0 Å². The highest BCUT2D eigenvalue weighted by molar-refractivity contribution is 6.44. The van der Waals surface area contributed by atoms with Crippen molar-refractivity contribution in [2.45, 2.75) is 70.3 Å². The van der Waals surface area contributed by atoms with E-state index in [1.165, 1.54) is 25.5 Å². The average Bonchev–Trinajstić information content (AvgIpc) is 2.47. The van der Waals surface area contributed by atoms with E-state index in [4.69, 9.17) is 16.3 Å². The van der Waals surface area contributed by atoms with Crippen LogP contribution < -0.4 is 0 Å². The van der Waals surface area contributed by atoms with E-state index in [0.717, 1.165) is 56.3 Å². The molecule has 0 spiro atoms. The van der Waals surface area contributed by atoms with Gasteiger partial charge in [0.05, 0.1) is 0 Å². The molecular formula is C19H27ClO2. The van der Waals surface area contributed by atoms with Gasteiger partial charge in [-0.3, -0.25) is 4.79 Å². The molecular weight excluding hydrogens is 296 g/mol. The Bertz CT molecular complexity index is 443. The molecule has 4 fully saturated rings. The molecule has 4 bridgehead atoms. The summed E-state index contributed by atoms with van der Waals surface area (Å²) in [6.07, 6.45) is 15.8. The van der Waals surface area contributed by atoms with Crippen LogP contribution in [0.5, 0.6) is 0 Å². The second-order valence-corrected chi connectivity index (χ2v) is 8.00. The quantitative estimate of drug-likeness (QED) is 0.358. The van der Waals surface area contributed by atoms with Gasteiger partial charge in [0.25, 0.3) is 0 Å². The average molecular weight is 323 g/mol. The zero-order valence-corrected chi connectivity index (χ0v) is 14.3. The van der Waals surface area contributed by atoms with Crippen molar-refractivity contribution in [3.8, 4) is 0 Å². The van der Waals surface area contributed by atoms with Crippen molar-refractivity contribution in [3.05, 3.63) is 23.4 Å². The summed E-state index contributed by atoms with van der Waals surface area (Å²) < 4.78 is 6.10. The van der Waals surface area contributed by atoms with Crippen LogP contribution in [0.25, 0.3) is 0 Å². The minimum atomic E-state index is -0.137. The third-order valence-corrected chi connectivity index (χ3v) is 5.90. The summed E-state index contributed by atoms with van der Waals surface area (Å²) in [6, 6.07) is 0. The molecule has 0 aromatic heterocycles. The van der Waals surface area contributed by atoms with Crippen molar-refractivity contribution in [2.24, 2.45) is 17.8 Å². The maximum absolute atomic E-state index is 12.0. The van der Waals surface area contributed by atoms with Crippen molar-refractivity contribution >= 4 is 17.4 Å². The SMILES string of the molecule is CCCC/C=C\C(=O)/C(Cl)=C/OC12CC3CC(CC(C3)C1)C2. The van der Waals surface area contributed by atoms with Gasteiger partial charge >= 0.3 is 0 Å². The Morgan fingerprint density at radius 2 is 1.77 bits per heavy atom. The van der Waals surface area contributed by atoms with E-state index >= 15 is 0 Å². The molecule has 0 aromatic rings. The first-order chi connectivity index (χ1) is 10.6. The van der Waals surface area contributed by atoms with E-state index in [1.807, 2.05) is 6.08 Å². The first-order valence-corrected chi connectivity index (χ1v) is 9.22. The van der Waals surface area contributed by atoms with E-state index in [2.05, 4.69) is 6.92 Å². The Hall–Kier alpha value is -0.760. The molecule has 4 aliphatic rings. The summed E-state index contributed by atoms with van der Waals surface area (Å²) in [5, 5.41) is 0.212. The fraction of sp³-hybridized carbons (Fsp3) is 0.737. The number of halogens is 1. The van der Waals surface area contributed by atoms with Crippen LogP contribution in [0.1, 0.15) is 64.7 Å². The third-order valence-electron chi connectivity index (χ3n) is 5.62. The zero-order valence-electron chi connectivity index (χ0n) is 13.5. The van der Waals surface area contributed by atoms with Gasteiger partial charge in [-0.05, 0) is 68.8 Å². The van der Waals surface area contributed by atoms with Crippen LogP contribution in [0.4, 0.5) is 0 Å². The van der Waals surface area contributed by atoms with E-state index in [0.29, 0.717) is 0 Å². The minimum Gasteiger partial charge on any atom is -0.493 e. The topological polar surface area (TPSA) is 26.3 Å². The van der Waals surface area contributed by atoms with E-state index in [-0.39, 0.29) is 16.4 Å². The van der Waals surface area contributed by atoms with Crippen LogP contribution in [0.2, 0.25) is 0 Å². The molecule has 0 heterocycles. The summed E-state index contributed by atoms with van der Waals surface area (Å²) in [4.78, 5) is 12.0. The molecule has 0 aliphatic heterocycles. The molecule has 0 saturated heterocycles. The number of hydrogen-bond acceptors (Lipinski definition) is 2. The first kappa shape index (κ1) is 16.1. The van der Waals surface area contributed by atoms with E-state index in [9.17, 15) is 4.79 Å². The normalized spacial score (nSPS) is 37.0. The number of carbonyl (C=O) groups excluding carboxylic acids is 1. The molecule has 4 rings (SSSR count). The molecule has 22 heavy (non-hydrogen) atoms. The van der Waals surface area contributed by atoms with Gasteiger partial charge in [0, 0.05) is 0 Å². The van der Waals surface area contributed by atoms with Crippen molar-refractivity contribution < 1.29 is 9.53 Å². The van der Waals surface area contributed by atoms with Gasteiger partial charge in [-0.25, -0.2) is 0 Å². The lowest BCUT2D eigenvalue weighted by atomic mass is 9.54. The number of ketones is 1. The Kier molecular flexibility index (Phi) is 4.97. The number of unbranched alkanes of at least 4 members (excludes halogenated alkanes) is 2. The molecule has 3 heteroatoms. The van der Waals surface area contributed by atoms with Crippen LogP contribution in [-0.2, 0) is 9.53 Å². The van der Waals surface area contributed by atoms with Crippen LogP contribution >= 0.6 is 11.6 Å². The summed E-state index contributed by atoms with van der Waals surface area (Å²) in [7, 11) is 0. The fourth-order valence-electron chi connectivity index (χ4n) is 5.00. The van der Waals surface area contributed by atoms with E-state index < -0.39 is 0 Å². The van der Waals surface area contributed by atoms with Crippen LogP contribution in [0, 0.1) is 17.8 Å². The van der Waals surface area contributed by atoms with Crippen molar-refractivity contribution in [1.82, 2.24) is 0 Å². The molecule has 0 unspecified atom stereocenters. The molecule has 0 amide bonds. The lowest BCUT2D eigenvalue weighted by Crippen LogP contribution is -2.51. The highest BCUT2D eigenvalue weighted by Crippen LogP contribution is 2.57. The zero-order chi connectivity index (χ0) is 15.6. The lowest BCUT2D eigenvalue weighted by molar-refractivity contribution is -0.131. The Balaban J connectivity index is 1.56. The monoisotopic (exact) mass is 322 g/mol. The third kappa shape index (κ3) is 3.59. The van der Waals surface area contributed by atoms with Crippen molar-refractivity contribution in [2.75, 3.05) is 0 Å². The predicted octanol–water partition coefficient (Wildman–Crippen LogP) is 5.37. The van der Waals surface area contributed by atoms with Gasteiger partial charge in [-0.15, -0.1) is 0 Å². The molecule has 0 N–H and O–H groups in total. The maximum Gasteiger partial charge on any atom is 0.199 e. The van der Waals surface area contributed by atoms with Crippen molar-refractivity contribution in [1.29, 1.82) is 0 Å². The molecule has 2 nitrogen and oxygen atoms in total. The number of allylic oxidation sites excluding steroid dienone is 3. The fourth-order valence-corrected chi connectivity index (χ4v) is 5.11. The van der Waals surface area contributed by atoms with Crippen LogP contribution in [-0.4, -0.2) is 11.4 Å². The van der Waals surface area contributed by atoms with Crippen molar-refractivity contribution in [3.63, 3.8) is 0 Å². The minimum absolute atomic E-state index is 0.0267. The molecule has 122 valence electrons. The smallest absolute Gasteiger partial charge is 0.199 e. The number of carbonyl (C=O) groups is 1. The Morgan fingerprint density at radius 3 is 2.32 bits per heavy atom. The summed E-state index contributed by atoms with van der Waals surface area (Å²) in [6.45, 7) is 2.14. The number of hydrogen-bond donors (Lipinski definition) is 0. The van der Waals surface area contributed by atoms with Gasteiger partial charge in [0.1, 0.15) is 16.9 Å². The van der Waals surface area contributed by atoms with Gasteiger partial charge in [-0.2, -0.15) is 0 Å². The molecule has 0 radical (unpaired) electrons. The molecule has 4 saturated carbocycles. The van der Waals surface area contributed by atoms with E-state index in [1.54, 1.807) is 6.08 Å². The summed E-state index contributed by atoms with van der Waals surface area (Å²) >= 11 is 6.12. The molecule has 0 aromatic carbocycles. The second-order valence-electron chi connectivity index (χ2n) is 7.59. The second kappa shape index (κ2) is 6.78. The lowest BCUT2D eigenvalue weighted by Gasteiger charge is -2.55. The van der Waals surface area contributed by atoms with Gasteiger partial charge < -0.3 is 4.74 Å². The largest absolute Gasteiger partial charge is 0.493 e. The standard InChI is InChI=1S/C19H27ClO2/c1-2-3-4-5-6-18(21)17(20)13-22-19-10-14-7-15(11-19)9-16(8-14)12-19/h5-6,13-16H,2-4,7-12H2,1H3/b6-5-,17-13-. The number of rotatable bonds is 7. The Labute approximate surface area is 138 Å². The highest BCUT2D eigenvalue weighted by atomic mass is 35.5. The van der Waals surface area contributed by atoms with Crippen LogP contribution in [0.3, 0.4) is 0 Å². The first-order valence-electron chi connectivity index (χ1n) is 8.84. The summed E-state index contributed by atoms with van der Waals surface area (Å²) in [5.41, 5.74) is -0.0267. The molecule has 0 atom stereocenters. The van der Waals surface area contributed by atoms with Gasteiger partial charge in [-0.1, -0.05) is 37.4 Å². The maximum atomic E-state index is 12.0. The Morgan fingerprint density at radius 1 is 1.18 bits per heavy atom.